The molecule has 1 aromatic rings. The second kappa shape index (κ2) is 5.34. The maximum absolute atomic E-state index is 13.3. The highest BCUT2D eigenvalue weighted by molar-refractivity contribution is 5.68. The van der Waals surface area contributed by atoms with Gasteiger partial charge in [0.05, 0.1) is 6.54 Å². The lowest BCUT2D eigenvalue weighted by Gasteiger charge is -2.08. The molecule has 0 aliphatic heterocycles. The van der Waals surface area contributed by atoms with Crippen molar-refractivity contribution in [2.75, 3.05) is 13.1 Å². The summed E-state index contributed by atoms with van der Waals surface area (Å²) in [5.74, 6) is -0.981. The van der Waals surface area contributed by atoms with Crippen LogP contribution in [0.2, 0.25) is 0 Å². The highest BCUT2D eigenvalue weighted by Crippen LogP contribution is 2.14. The molecule has 0 fully saturated rings. The minimum absolute atomic E-state index is 0.0241. The summed E-state index contributed by atoms with van der Waals surface area (Å²) in [4.78, 5) is 10.1. The molecule has 0 aromatic heterocycles. The van der Waals surface area contributed by atoms with Crippen molar-refractivity contribution in [2.24, 2.45) is 0 Å². The van der Waals surface area contributed by atoms with Crippen molar-refractivity contribution in [3.05, 3.63) is 35.9 Å². The Kier molecular flexibility index (Phi) is 4.07. The lowest BCUT2D eigenvalue weighted by Crippen LogP contribution is -2.25. The van der Waals surface area contributed by atoms with Crippen LogP contribution in [0.15, 0.2) is 30.3 Å². The molecule has 1 aromatic carbocycles. The summed E-state index contributed by atoms with van der Waals surface area (Å²) >= 11 is 0. The Morgan fingerprint density at radius 1 is 1.43 bits per heavy atom. The smallest absolute Gasteiger partial charge is 0.317 e. The van der Waals surface area contributed by atoms with E-state index in [1.54, 1.807) is 30.3 Å². The van der Waals surface area contributed by atoms with E-state index in [-0.39, 0.29) is 13.1 Å². The number of alkyl halides is 1. The predicted octanol–water partition coefficient (Wildman–Crippen LogP) is 1.37. The van der Waals surface area contributed by atoms with Gasteiger partial charge in [-0.05, 0) is 5.56 Å². The number of carboxylic acid groups (broad SMARTS) is 1. The van der Waals surface area contributed by atoms with Gasteiger partial charge in [-0.25, -0.2) is 4.39 Å². The highest BCUT2D eigenvalue weighted by Gasteiger charge is 2.08. The molecule has 4 heteroatoms. The molecule has 0 aliphatic carbocycles. The van der Waals surface area contributed by atoms with Crippen molar-refractivity contribution in [3.63, 3.8) is 0 Å². The number of rotatable bonds is 5. The fourth-order valence-corrected chi connectivity index (χ4v) is 1.09. The summed E-state index contributed by atoms with van der Waals surface area (Å²) in [6.07, 6.45) is -1.16. The Morgan fingerprint density at radius 2 is 2.07 bits per heavy atom. The van der Waals surface area contributed by atoms with Crippen LogP contribution < -0.4 is 5.32 Å². The van der Waals surface area contributed by atoms with Crippen LogP contribution in [0.25, 0.3) is 0 Å². The van der Waals surface area contributed by atoms with Crippen LogP contribution in [0.1, 0.15) is 11.7 Å². The van der Waals surface area contributed by atoms with Gasteiger partial charge in [0.2, 0.25) is 0 Å². The standard InChI is InChI=1S/C10H12FNO2/c11-9(6-12-7-10(13)14)8-4-2-1-3-5-8/h1-5,9,12H,6-7H2,(H,13,14)/t9-/m0/s1. The maximum atomic E-state index is 13.3. The molecule has 76 valence electrons. The van der Waals surface area contributed by atoms with Crippen LogP contribution >= 0.6 is 0 Å². The molecular weight excluding hydrogens is 185 g/mol. The van der Waals surface area contributed by atoms with E-state index in [2.05, 4.69) is 5.32 Å². The van der Waals surface area contributed by atoms with Gasteiger partial charge in [0.25, 0.3) is 0 Å². The van der Waals surface area contributed by atoms with Gasteiger partial charge in [-0.1, -0.05) is 30.3 Å². The third kappa shape index (κ3) is 3.53. The molecule has 3 nitrogen and oxygen atoms in total. The largest absolute Gasteiger partial charge is 0.480 e. The molecule has 0 saturated heterocycles. The van der Waals surface area contributed by atoms with Crippen LogP contribution in [-0.2, 0) is 4.79 Å². The van der Waals surface area contributed by atoms with Crippen molar-refractivity contribution in [2.45, 2.75) is 6.17 Å². The zero-order chi connectivity index (χ0) is 10.4. The maximum Gasteiger partial charge on any atom is 0.317 e. The Morgan fingerprint density at radius 3 is 2.64 bits per heavy atom. The predicted molar refractivity (Wildman–Crippen MR) is 50.8 cm³/mol. The van der Waals surface area contributed by atoms with Crippen LogP contribution in [0.5, 0.6) is 0 Å². The van der Waals surface area contributed by atoms with E-state index in [0.29, 0.717) is 5.56 Å². The van der Waals surface area contributed by atoms with Crippen LogP contribution in [0, 0.1) is 0 Å². The van der Waals surface area contributed by atoms with Gasteiger partial charge in [0.15, 0.2) is 0 Å². The molecule has 0 unspecified atom stereocenters. The SMILES string of the molecule is O=C(O)CNC[C@H](F)c1ccccc1. The number of carboxylic acids is 1. The molecule has 1 atom stereocenters. The summed E-state index contributed by atoms with van der Waals surface area (Å²) in [5.41, 5.74) is 0.561. The summed E-state index contributed by atoms with van der Waals surface area (Å²) in [7, 11) is 0. The van der Waals surface area contributed by atoms with Gasteiger partial charge in [0, 0.05) is 6.54 Å². The number of aliphatic carboxylic acids is 1. The molecule has 0 heterocycles. The van der Waals surface area contributed by atoms with E-state index in [1.165, 1.54) is 0 Å². The average Bonchev–Trinajstić information content (AvgIpc) is 2.18. The molecule has 0 saturated carbocycles. The fourth-order valence-electron chi connectivity index (χ4n) is 1.09. The van der Waals surface area contributed by atoms with Crippen LogP contribution in [0.4, 0.5) is 4.39 Å². The van der Waals surface area contributed by atoms with Gasteiger partial charge < -0.3 is 10.4 Å². The Balaban J connectivity index is 2.36. The van der Waals surface area contributed by atoms with Gasteiger partial charge in [-0.2, -0.15) is 0 Å². The van der Waals surface area contributed by atoms with E-state index in [1.807, 2.05) is 0 Å². The van der Waals surface area contributed by atoms with Crippen molar-refractivity contribution >= 4 is 5.97 Å². The third-order valence-electron chi connectivity index (χ3n) is 1.76. The Hall–Kier alpha value is -1.42. The Labute approximate surface area is 81.6 Å². The minimum atomic E-state index is -1.16. The first-order chi connectivity index (χ1) is 6.70. The van der Waals surface area contributed by atoms with E-state index < -0.39 is 12.1 Å². The van der Waals surface area contributed by atoms with Crippen molar-refractivity contribution in [3.8, 4) is 0 Å². The first-order valence-corrected chi connectivity index (χ1v) is 4.31. The average molecular weight is 197 g/mol. The molecule has 0 bridgehead atoms. The second-order valence-electron chi connectivity index (χ2n) is 2.90. The van der Waals surface area contributed by atoms with Gasteiger partial charge in [0.1, 0.15) is 6.17 Å². The third-order valence-corrected chi connectivity index (χ3v) is 1.76. The summed E-state index contributed by atoms with van der Waals surface area (Å²) in [6, 6.07) is 8.65. The Bertz CT molecular complexity index is 289. The lowest BCUT2D eigenvalue weighted by atomic mass is 10.1. The summed E-state index contributed by atoms with van der Waals surface area (Å²) in [5, 5.41) is 10.8. The molecule has 0 radical (unpaired) electrons. The van der Waals surface area contributed by atoms with Crippen molar-refractivity contribution in [1.82, 2.24) is 5.32 Å². The van der Waals surface area contributed by atoms with Crippen molar-refractivity contribution in [1.29, 1.82) is 0 Å². The zero-order valence-electron chi connectivity index (χ0n) is 7.61. The number of carbonyl (C=O) groups is 1. The molecule has 1 rings (SSSR count). The molecule has 2 N–H and O–H groups in total. The normalized spacial score (nSPS) is 12.4. The van der Waals surface area contributed by atoms with E-state index >= 15 is 0 Å². The topological polar surface area (TPSA) is 49.3 Å². The van der Waals surface area contributed by atoms with E-state index in [9.17, 15) is 9.18 Å². The first kappa shape index (κ1) is 10.7. The molecule has 14 heavy (non-hydrogen) atoms. The van der Waals surface area contributed by atoms with E-state index in [0.717, 1.165) is 0 Å². The minimum Gasteiger partial charge on any atom is -0.480 e. The van der Waals surface area contributed by atoms with E-state index in [4.69, 9.17) is 5.11 Å². The fraction of sp³-hybridized carbons (Fsp3) is 0.300. The first-order valence-electron chi connectivity index (χ1n) is 4.31. The van der Waals surface area contributed by atoms with Gasteiger partial charge in [-0.3, -0.25) is 4.79 Å². The van der Waals surface area contributed by atoms with Crippen LogP contribution in [-0.4, -0.2) is 24.2 Å². The zero-order valence-corrected chi connectivity index (χ0v) is 7.61. The highest BCUT2D eigenvalue weighted by atomic mass is 19.1. The number of nitrogens with one attached hydrogen (secondary N) is 1. The quantitative estimate of drug-likeness (QED) is 0.749. The van der Waals surface area contributed by atoms with Crippen molar-refractivity contribution < 1.29 is 14.3 Å². The molecule has 0 spiro atoms. The summed E-state index contributed by atoms with van der Waals surface area (Å²) in [6.45, 7) is -0.191. The molecule has 0 amide bonds. The number of halogens is 1. The number of benzene rings is 1. The van der Waals surface area contributed by atoms with Crippen LogP contribution in [0.3, 0.4) is 0 Å². The molecular formula is C10H12FNO2. The number of hydrogen-bond acceptors (Lipinski definition) is 2. The lowest BCUT2D eigenvalue weighted by molar-refractivity contribution is -0.136. The molecule has 0 aliphatic rings. The second-order valence-corrected chi connectivity index (χ2v) is 2.90. The summed E-state index contributed by atoms with van der Waals surface area (Å²) < 4.78 is 13.3. The number of hydrogen-bond donors (Lipinski definition) is 2. The van der Waals surface area contributed by atoms with Gasteiger partial charge >= 0.3 is 5.97 Å². The monoisotopic (exact) mass is 197 g/mol. The van der Waals surface area contributed by atoms with Gasteiger partial charge in [-0.15, -0.1) is 0 Å².